The lowest BCUT2D eigenvalue weighted by Gasteiger charge is -2.34. The second-order valence-corrected chi connectivity index (χ2v) is 13.1. The molecular formula is C44H44N2O4. The van der Waals surface area contributed by atoms with Gasteiger partial charge in [-0.1, -0.05) is 110 Å². The molecule has 1 unspecified atom stereocenters. The molecule has 0 aliphatic carbocycles. The van der Waals surface area contributed by atoms with Crippen molar-refractivity contribution in [2.24, 2.45) is 0 Å². The molecule has 0 spiro atoms. The van der Waals surface area contributed by atoms with Gasteiger partial charge in [-0.15, -0.1) is 0 Å². The van der Waals surface area contributed by atoms with Gasteiger partial charge in [0.2, 0.25) is 0 Å². The van der Waals surface area contributed by atoms with Crippen molar-refractivity contribution < 1.29 is 19.0 Å². The first kappa shape index (κ1) is 33.0. The zero-order valence-corrected chi connectivity index (χ0v) is 28.7. The minimum atomic E-state index is -0.633. The van der Waals surface area contributed by atoms with Crippen LogP contribution in [-0.2, 0) is 23.5 Å². The van der Waals surface area contributed by atoms with Crippen LogP contribution < -0.4 is 14.2 Å². The van der Waals surface area contributed by atoms with Crippen molar-refractivity contribution in [3.8, 4) is 17.2 Å². The number of hydrogen-bond donors (Lipinski definition) is 0. The van der Waals surface area contributed by atoms with Crippen molar-refractivity contribution >= 4 is 16.8 Å². The second kappa shape index (κ2) is 15.4. The fourth-order valence-corrected chi connectivity index (χ4v) is 6.86. The maximum atomic E-state index is 12.9. The van der Waals surface area contributed by atoms with Crippen LogP contribution in [0.4, 0.5) is 0 Å². The molecule has 1 amide bonds. The lowest BCUT2D eigenvalue weighted by Crippen LogP contribution is -2.35. The number of hydrogen-bond acceptors (Lipinski definition) is 4. The fourth-order valence-electron chi connectivity index (χ4n) is 6.86. The molecule has 0 saturated carbocycles. The molecule has 6 nitrogen and oxygen atoms in total. The van der Waals surface area contributed by atoms with Gasteiger partial charge in [-0.05, 0) is 83.8 Å². The Morgan fingerprint density at radius 2 is 1.22 bits per heavy atom. The molecular weight excluding hydrogens is 620 g/mol. The molecule has 1 atom stereocenters. The highest BCUT2D eigenvalue weighted by molar-refractivity contribution is 5.81. The van der Waals surface area contributed by atoms with Gasteiger partial charge in [0.1, 0.15) is 19.0 Å². The summed E-state index contributed by atoms with van der Waals surface area (Å²) < 4.78 is 21.3. The predicted molar refractivity (Wildman–Crippen MR) is 199 cm³/mol. The Balaban J connectivity index is 1.22. The van der Waals surface area contributed by atoms with E-state index >= 15 is 0 Å². The van der Waals surface area contributed by atoms with Crippen LogP contribution in [0.3, 0.4) is 0 Å². The van der Waals surface area contributed by atoms with Gasteiger partial charge >= 0.3 is 0 Å². The largest absolute Gasteiger partial charge is 0.485 e. The lowest BCUT2D eigenvalue weighted by molar-refractivity contribution is -0.133. The first-order valence-corrected chi connectivity index (χ1v) is 17.6. The third-order valence-corrected chi connectivity index (χ3v) is 9.80. The van der Waals surface area contributed by atoms with E-state index in [1.54, 1.807) is 0 Å². The molecule has 1 aromatic heterocycles. The Hall–Kier alpha value is -5.49. The highest BCUT2D eigenvalue weighted by Gasteiger charge is 2.33. The van der Waals surface area contributed by atoms with Gasteiger partial charge in [-0.3, -0.25) is 4.79 Å². The van der Waals surface area contributed by atoms with E-state index in [0.29, 0.717) is 30.5 Å². The van der Waals surface area contributed by atoms with Crippen molar-refractivity contribution in [1.82, 2.24) is 9.47 Å². The van der Waals surface area contributed by atoms with Crippen LogP contribution in [0, 0.1) is 0 Å². The SMILES string of the molecule is CC(c1ccc(OCC(=O)N2CCCCCC2)cc1)(c1ccc(OCc2ccccc2)c(OCc2ccccc2)c1)n1ccc2ccccc21. The molecule has 50 heavy (non-hydrogen) atoms. The van der Waals surface area contributed by atoms with E-state index in [0.717, 1.165) is 59.1 Å². The van der Waals surface area contributed by atoms with E-state index in [-0.39, 0.29) is 12.5 Å². The van der Waals surface area contributed by atoms with Gasteiger partial charge in [-0.25, -0.2) is 0 Å². The zero-order chi connectivity index (χ0) is 34.2. The molecule has 6 aromatic rings. The summed E-state index contributed by atoms with van der Waals surface area (Å²) >= 11 is 0. The van der Waals surface area contributed by atoms with Crippen LogP contribution in [0.2, 0.25) is 0 Å². The van der Waals surface area contributed by atoms with E-state index in [9.17, 15) is 4.79 Å². The molecule has 254 valence electrons. The number of carbonyl (C=O) groups excluding carboxylic acids is 1. The van der Waals surface area contributed by atoms with Crippen LogP contribution in [0.5, 0.6) is 17.2 Å². The Morgan fingerprint density at radius 3 is 1.90 bits per heavy atom. The normalized spacial score (nSPS) is 14.5. The Bertz CT molecular complexity index is 2000. The molecule has 5 aromatic carbocycles. The van der Waals surface area contributed by atoms with Crippen LogP contribution in [0.15, 0.2) is 140 Å². The summed E-state index contributed by atoms with van der Waals surface area (Å²) in [4.78, 5) is 14.9. The molecule has 7 rings (SSSR count). The molecule has 1 aliphatic heterocycles. The van der Waals surface area contributed by atoms with Crippen LogP contribution in [0.1, 0.15) is 54.9 Å². The average Bonchev–Trinajstić information content (AvgIpc) is 3.42. The molecule has 1 aliphatic rings. The molecule has 1 saturated heterocycles. The van der Waals surface area contributed by atoms with Crippen LogP contribution in [0.25, 0.3) is 10.9 Å². The summed E-state index contributed by atoms with van der Waals surface area (Å²) in [6, 6.07) is 45.4. The van der Waals surface area contributed by atoms with Gasteiger partial charge in [0.05, 0.1) is 5.54 Å². The summed E-state index contributed by atoms with van der Waals surface area (Å²) in [5.41, 5.74) is 4.76. The molecule has 1 fully saturated rings. The van der Waals surface area contributed by atoms with Crippen LogP contribution >= 0.6 is 0 Å². The number of amides is 1. The number of aromatic nitrogens is 1. The Morgan fingerprint density at radius 1 is 0.620 bits per heavy atom. The number of para-hydroxylation sites is 1. The van der Waals surface area contributed by atoms with Gasteiger partial charge in [0, 0.05) is 24.8 Å². The summed E-state index contributed by atoms with van der Waals surface area (Å²) in [7, 11) is 0. The summed E-state index contributed by atoms with van der Waals surface area (Å²) in [5, 5.41) is 1.16. The van der Waals surface area contributed by atoms with Crippen molar-refractivity contribution in [1.29, 1.82) is 0 Å². The minimum Gasteiger partial charge on any atom is -0.485 e. The number of fused-ring (bicyclic) bond motifs is 1. The lowest BCUT2D eigenvalue weighted by atomic mass is 9.83. The zero-order valence-electron chi connectivity index (χ0n) is 28.7. The summed E-state index contributed by atoms with van der Waals surface area (Å²) in [5.74, 6) is 2.09. The molecule has 2 heterocycles. The van der Waals surface area contributed by atoms with Crippen molar-refractivity contribution in [2.45, 2.75) is 51.4 Å². The predicted octanol–water partition coefficient (Wildman–Crippen LogP) is 9.39. The monoisotopic (exact) mass is 664 g/mol. The van der Waals surface area contributed by atoms with Crippen LogP contribution in [-0.4, -0.2) is 35.1 Å². The average molecular weight is 665 g/mol. The van der Waals surface area contributed by atoms with Crippen molar-refractivity contribution in [3.05, 3.63) is 162 Å². The third kappa shape index (κ3) is 7.40. The maximum Gasteiger partial charge on any atom is 0.260 e. The van der Waals surface area contributed by atoms with Crippen molar-refractivity contribution in [2.75, 3.05) is 19.7 Å². The topological polar surface area (TPSA) is 52.9 Å². The number of nitrogens with zero attached hydrogens (tertiary/aromatic N) is 2. The molecule has 0 bridgehead atoms. The summed E-state index contributed by atoms with van der Waals surface area (Å²) in [6.45, 7) is 4.76. The number of likely N-dealkylation sites (tertiary alicyclic amines) is 1. The second-order valence-electron chi connectivity index (χ2n) is 13.1. The third-order valence-electron chi connectivity index (χ3n) is 9.80. The highest BCUT2D eigenvalue weighted by atomic mass is 16.5. The minimum absolute atomic E-state index is 0.0470. The number of ether oxygens (including phenoxy) is 3. The quantitative estimate of drug-likeness (QED) is 0.131. The Kier molecular flexibility index (Phi) is 10.2. The van der Waals surface area contributed by atoms with Gasteiger partial charge in [0.25, 0.3) is 5.91 Å². The standard InChI is InChI=1S/C44H44N2O4/c1-44(46-29-26-36-18-10-11-19-40(36)46,37-20-23-39(24-21-37)48-33-43(47)45-27-12-2-3-13-28-45)38-22-25-41(49-31-34-14-6-4-7-15-34)42(30-38)50-32-35-16-8-5-9-17-35/h4-11,14-26,29-30H,2-3,12-13,27-28,31-33H2,1H3. The van der Waals surface area contributed by atoms with Gasteiger partial charge < -0.3 is 23.7 Å². The maximum absolute atomic E-state index is 12.9. The van der Waals surface area contributed by atoms with E-state index in [1.165, 1.54) is 12.8 Å². The van der Waals surface area contributed by atoms with Gasteiger partial charge in [-0.2, -0.15) is 0 Å². The number of carbonyl (C=O) groups is 1. The van der Waals surface area contributed by atoms with E-state index < -0.39 is 5.54 Å². The van der Waals surface area contributed by atoms with E-state index in [4.69, 9.17) is 14.2 Å². The first-order chi connectivity index (χ1) is 24.6. The van der Waals surface area contributed by atoms with Crippen molar-refractivity contribution in [3.63, 3.8) is 0 Å². The van der Waals surface area contributed by atoms with E-state index in [1.807, 2.05) is 59.5 Å². The Labute approximate surface area is 294 Å². The van der Waals surface area contributed by atoms with Gasteiger partial charge in [0.15, 0.2) is 18.1 Å². The first-order valence-electron chi connectivity index (χ1n) is 17.6. The number of rotatable bonds is 12. The highest BCUT2D eigenvalue weighted by Crippen LogP contribution is 2.41. The molecule has 6 heteroatoms. The number of benzene rings is 5. The fraction of sp³-hybridized carbons (Fsp3) is 0.250. The smallest absolute Gasteiger partial charge is 0.260 e. The summed E-state index contributed by atoms with van der Waals surface area (Å²) in [6.07, 6.45) is 6.65. The molecule has 0 N–H and O–H groups in total. The molecule has 0 radical (unpaired) electrons. The van der Waals surface area contributed by atoms with E-state index in [2.05, 4.69) is 96.6 Å².